The Morgan fingerprint density at radius 3 is 3.06 bits per heavy atom. The van der Waals surface area contributed by atoms with Crippen LogP contribution in [0.2, 0.25) is 0 Å². The summed E-state index contributed by atoms with van der Waals surface area (Å²) in [5.74, 6) is 0.716. The zero-order valence-electron chi connectivity index (χ0n) is 8.93. The standard InChI is InChI=1S/C13H13NO2/c1-2-4-12-10(3-1)5-7-14-13(12)16-11-6-8-15-9-11/h1-5,7,11H,6,8-9H2/t11-/m0/s1. The smallest absolute Gasteiger partial charge is 0.221 e. The number of rotatable bonds is 2. The molecular weight excluding hydrogens is 202 g/mol. The summed E-state index contributed by atoms with van der Waals surface area (Å²) >= 11 is 0. The van der Waals surface area contributed by atoms with Crippen LogP contribution >= 0.6 is 0 Å². The molecule has 0 N–H and O–H groups in total. The van der Waals surface area contributed by atoms with Gasteiger partial charge in [0.15, 0.2) is 0 Å². The van der Waals surface area contributed by atoms with Gasteiger partial charge >= 0.3 is 0 Å². The maximum Gasteiger partial charge on any atom is 0.221 e. The van der Waals surface area contributed by atoms with Crippen LogP contribution in [0.3, 0.4) is 0 Å². The van der Waals surface area contributed by atoms with Gasteiger partial charge in [-0.25, -0.2) is 4.98 Å². The summed E-state index contributed by atoms with van der Waals surface area (Å²) in [5, 5.41) is 2.23. The molecule has 1 aromatic heterocycles. The summed E-state index contributed by atoms with van der Waals surface area (Å²) in [6, 6.07) is 10.1. The van der Waals surface area contributed by atoms with Crippen LogP contribution in [0.4, 0.5) is 0 Å². The van der Waals surface area contributed by atoms with Crippen LogP contribution in [-0.4, -0.2) is 24.3 Å². The first-order valence-corrected chi connectivity index (χ1v) is 5.51. The predicted molar refractivity (Wildman–Crippen MR) is 61.6 cm³/mol. The fraction of sp³-hybridized carbons (Fsp3) is 0.308. The molecule has 82 valence electrons. The van der Waals surface area contributed by atoms with E-state index in [0.717, 1.165) is 23.8 Å². The molecule has 16 heavy (non-hydrogen) atoms. The minimum absolute atomic E-state index is 0.151. The molecule has 1 fully saturated rings. The van der Waals surface area contributed by atoms with E-state index in [0.29, 0.717) is 12.5 Å². The highest BCUT2D eigenvalue weighted by Gasteiger charge is 2.18. The van der Waals surface area contributed by atoms with Crippen LogP contribution in [0.25, 0.3) is 10.8 Å². The van der Waals surface area contributed by atoms with Gasteiger partial charge in [0.05, 0.1) is 13.2 Å². The average molecular weight is 215 g/mol. The number of pyridine rings is 1. The van der Waals surface area contributed by atoms with E-state index in [1.54, 1.807) is 6.20 Å². The Hall–Kier alpha value is -1.61. The molecule has 1 atom stereocenters. The molecule has 0 spiro atoms. The number of fused-ring (bicyclic) bond motifs is 1. The van der Waals surface area contributed by atoms with Crippen LogP contribution in [-0.2, 0) is 4.74 Å². The molecule has 0 saturated carbocycles. The molecule has 2 heterocycles. The summed E-state index contributed by atoms with van der Waals surface area (Å²) in [6.45, 7) is 1.46. The lowest BCUT2D eigenvalue weighted by atomic mass is 10.2. The highest BCUT2D eigenvalue weighted by Crippen LogP contribution is 2.24. The molecule has 3 heteroatoms. The largest absolute Gasteiger partial charge is 0.471 e. The van der Waals surface area contributed by atoms with Gasteiger partial charge in [0.25, 0.3) is 0 Å². The van der Waals surface area contributed by atoms with Crippen molar-refractivity contribution >= 4 is 10.8 Å². The van der Waals surface area contributed by atoms with Crippen molar-refractivity contribution in [3.63, 3.8) is 0 Å². The molecular formula is C13H13NO2. The Kier molecular flexibility index (Phi) is 2.46. The van der Waals surface area contributed by atoms with Gasteiger partial charge in [0.1, 0.15) is 6.10 Å². The minimum atomic E-state index is 0.151. The first kappa shape index (κ1) is 9.60. The quantitative estimate of drug-likeness (QED) is 0.770. The molecule has 1 saturated heterocycles. The molecule has 0 radical (unpaired) electrons. The number of ether oxygens (including phenoxy) is 2. The predicted octanol–water partition coefficient (Wildman–Crippen LogP) is 2.40. The molecule has 0 bridgehead atoms. The van der Waals surface area contributed by atoms with Crippen molar-refractivity contribution in [2.24, 2.45) is 0 Å². The van der Waals surface area contributed by atoms with Crippen LogP contribution < -0.4 is 4.74 Å². The fourth-order valence-electron chi connectivity index (χ4n) is 1.95. The topological polar surface area (TPSA) is 31.4 Å². The van der Waals surface area contributed by atoms with E-state index in [1.807, 2.05) is 24.3 Å². The molecule has 0 unspecified atom stereocenters. The zero-order chi connectivity index (χ0) is 10.8. The third-order valence-corrected chi connectivity index (χ3v) is 2.80. The zero-order valence-corrected chi connectivity index (χ0v) is 8.93. The van der Waals surface area contributed by atoms with Gasteiger partial charge in [-0.2, -0.15) is 0 Å². The third kappa shape index (κ3) is 1.74. The first-order chi connectivity index (χ1) is 7.93. The normalized spacial score (nSPS) is 20.1. The second-order valence-corrected chi connectivity index (χ2v) is 3.94. The second kappa shape index (κ2) is 4.10. The van der Waals surface area contributed by atoms with Crippen LogP contribution in [0.15, 0.2) is 36.5 Å². The lowest BCUT2D eigenvalue weighted by Gasteiger charge is -2.12. The van der Waals surface area contributed by atoms with Gasteiger partial charge in [-0.15, -0.1) is 0 Å². The number of hydrogen-bond donors (Lipinski definition) is 0. The van der Waals surface area contributed by atoms with E-state index in [9.17, 15) is 0 Å². The summed E-state index contributed by atoms with van der Waals surface area (Å²) in [7, 11) is 0. The monoisotopic (exact) mass is 215 g/mol. The van der Waals surface area contributed by atoms with Gasteiger partial charge in [-0.3, -0.25) is 0 Å². The number of nitrogens with zero attached hydrogens (tertiary/aromatic N) is 1. The highest BCUT2D eigenvalue weighted by atomic mass is 16.5. The Morgan fingerprint density at radius 1 is 1.25 bits per heavy atom. The Bertz CT molecular complexity index is 487. The van der Waals surface area contributed by atoms with Crippen molar-refractivity contribution in [2.75, 3.05) is 13.2 Å². The van der Waals surface area contributed by atoms with Gasteiger partial charge in [-0.05, 0) is 17.5 Å². The van der Waals surface area contributed by atoms with Crippen molar-refractivity contribution in [2.45, 2.75) is 12.5 Å². The lowest BCUT2D eigenvalue weighted by molar-refractivity contribution is 0.139. The molecule has 3 nitrogen and oxygen atoms in total. The maximum atomic E-state index is 5.85. The van der Waals surface area contributed by atoms with E-state index in [-0.39, 0.29) is 6.10 Å². The second-order valence-electron chi connectivity index (χ2n) is 3.94. The fourth-order valence-corrected chi connectivity index (χ4v) is 1.95. The summed E-state index contributed by atoms with van der Waals surface area (Å²) in [5.41, 5.74) is 0. The third-order valence-electron chi connectivity index (χ3n) is 2.80. The Labute approximate surface area is 94.0 Å². The van der Waals surface area contributed by atoms with E-state index >= 15 is 0 Å². The van der Waals surface area contributed by atoms with E-state index in [4.69, 9.17) is 9.47 Å². The highest BCUT2D eigenvalue weighted by molar-refractivity contribution is 5.86. The first-order valence-electron chi connectivity index (χ1n) is 5.51. The van der Waals surface area contributed by atoms with Gasteiger partial charge in [0.2, 0.25) is 5.88 Å². The molecule has 1 aliphatic heterocycles. The lowest BCUT2D eigenvalue weighted by Crippen LogP contribution is -2.16. The van der Waals surface area contributed by atoms with Crippen LogP contribution in [0.1, 0.15) is 6.42 Å². The molecule has 1 aromatic carbocycles. The van der Waals surface area contributed by atoms with Crippen molar-refractivity contribution in [1.29, 1.82) is 0 Å². The van der Waals surface area contributed by atoms with E-state index in [2.05, 4.69) is 11.1 Å². The van der Waals surface area contributed by atoms with E-state index in [1.165, 1.54) is 0 Å². The van der Waals surface area contributed by atoms with Crippen LogP contribution in [0.5, 0.6) is 5.88 Å². The number of benzene rings is 1. The van der Waals surface area contributed by atoms with Crippen molar-refractivity contribution in [1.82, 2.24) is 4.98 Å². The summed E-state index contributed by atoms with van der Waals surface area (Å²) < 4.78 is 11.1. The number of aromatic nitrogens is 1. The van der Waals surface area contributed by atoms with Gasteiger partial charge in [0, 0.05) is 18.0 Å². The SMILES string of the molecule is c1ccc2c(O[C@H]3CCOC3)nccc2c1. The summed E-state index contributed by atoms with van der Waals surface area (Å²) in [6.07, 6.45) is 2.89. The van der Waals surface area contributed by atoms with Gasteiger partial charge in [-0.1, -0.05) is 18.2 Å². The van der Waals surface area contributed by atoms with Gasteiger partial charge < -0.3 is 9.47 Å². The number of hydrogen-bond acceptors (Lipinski definition) is 3. The van der Waals surface area contributed by atoms with E-state index < -0.39 is 0 Å². The van der Waals surface area contributed by atoms with Crippen molar-refractivity contribution in [3.8, 4) is 5.88 Å². The molecule has 0 amide bonds. The van der Waals surface area contributed by atoms with Crippen LogP contribution in [0, 0.1) is 0 Å². The molecule has 0 aliphatic carbocycles. The summed E-state index contributed by atoms with van der Waals surface area (Å²) in [4.78, 5) is 4.29. The maximum absolute atomic E-state index is 5.85. The Balaban J connectivity index is 1.96. The van der Waals surface area contributed by atoms with Crippen molar-refractivity contribution < 1.29 is 9.47 Å². The Morgan fingerprint density at radius 2 is 2.19 bits per heavy atom. The minimum Gasteiger partial charge on any atom is -0.471 e. The average Bonchev–Trinajstić information content (AvgIpc) is 2.82. The van der Waals surface area contributed by atoms with Crippen molar-refractivity contribution in [3.05, 3.63) is 36.5 Å². The molecule has 1 aliphatic rings. The molecule has 3 rings (SSSR count). The molecule has 2 aromatic rings.